The molecule has 1 atom stereocenters. The lowest BCUT2D eigenvalue weighted by Crippen LogP contribution is -2.47. The van der Waals surface area contributed by atoms with E-state index in [-0.39, 0.29) is 5.95 Å². The molecule has 3 aromatic rings. The molecule has 134 valence electrons. The van der Waals surface area contributed by atoms with Gasteiger partial charge in [0.15, 0.2) is 0 Å². The molecule has 0 aliphatic heterocycles. The molecular formula is C15H14N6O5. The van der Waals surface area contributed by atoms with Crippen LogP contribution in [-0.2, 0) is 4.79 Å². The van der Waals surface area contributed by atoms with E-state index in [2.05, 4.69) is 25.6 Å². The quantitative estimate of drug-likeness (QED) is 0.329. The molecule has 6 N–H and O–H groups in total. The zero-order valence-electron chi connectivity index (χ0n) is 13.2. The first-order valence-electron chi connectivity index (χ1n) is 7.47. The summed E-state index contributed by atoms with van der Waals surface area (Å²) in [5.41, 5.74) is -0.757. The number of carbonyl (C=O) groups is 2. The van der Waals surface area contributed by atoms with Crippen LogP contribution in [0.4, 0.5) is 5.95 Å². The monoisotopic (exact) mass is 358 g/mol. The molecule has 11 heteroatoms. The second-order valence-electron chi connectivity index (χ2n) is 5.29. The van der Waals surface area contributed by atoms with Crippen molar-refractivity contribution < 1.29 is 14.7 Å². The number of imidazole rings is 1. The molecule has 1 aromatic carbocycles. The Bertz CT molecular complexity index is 1050. The highest BCUT2D eigenvalue weighted by molar-refractivity contribution is 6.00. The zero-order chi connectivity index (χ0) is 18.7. The van der Waals surface area contributed by atoms with Crippen molar-refractivity contribution in [1.82, 2.24) is 25.3 Å². The van der Waals surface area contributed by atoms with Gasteiger partial charge in [0.2, 0.25) is 5.95 Å². The summed E-state index contributed by atoms with van der Waals surface area (Å²) in [5, 5.41) is 14.0. The van der Waals surface area contributed by atoms with E-state index < -0.39 is 41.3 Å². The minimum Gasteiger partial charge on any atom is -0.394 e. The minimum absolute atomic E-state index is 0.144. The molecule has 2 heterocycles. The number of anilines is 1. The molecular weight excluding hydrogens is 344 g/mol. The summed E-state index contributed by atoms with van der Waals surface area (Å²) >= 11 is 0. The lowest BCUT2D eigenvalue weighted by molar-refractivity contribution is -0.118. The summed E-state index contributed by atoms with van der Waals surface area (Å²) in [4.78, 5) is 57.9. The molecule has 0 fully saturated rings. The van der Waals surface area contributed by atoms with Gasteiger partial charge in [-0.15, -0.1) is 0 Å². The first-order chi connectivity index (χ1) is 12.5. The molecule has 0 spiro atoms. The number of amides is 2. The average molecular weight is 358 g/mol. The smallest absolute Gasteiger partial charge is 0.325 e. The number of rotatable bonds is 5. The number of H-pyrrole nitrogens is 3. The molecule has 0 aliphatic carbocycles. The number of fused-ring (bicyclic) bond motifs is 1. The Hall–Kier alpha value is -3.73. The van der Waals surface area contributed by atoms with Crippen molar-refractivity contribution in [3.8, 4) is 0 Å². The van der Waals surface area contributed by atoms with Gasteiger partial charge in [0.05, 0.1) is 17.6 Å². The summed E-state index contributed by atoms with van der Waals surface area (Å²) < 4.78 is 0. The van der Waals surface area contributed by atoms with Crippen molar-refractivity contribution in [2.75, 3.05) is 11.9 Å². The highest BCUT2D eigenvalue weighted by atomic mass is 16.3. The van der Waals surface area contributed by atoms with Crippen molar-refractivity contribution in [2.24, 2.45) is 0 Å². The van der Waals surface area contributed by atoms with Gasteiger partial charge in [-0.25, -0.2) is 9.78 Å². The number of hydrogen-bond acceptors (Lipinski definition) is 6. The number of aromatic nitrogens is 4. The molecule has 0 radical (unpaired) electrons. The van der Waals surface area contributed by atoms with Gasteiger partial charge in [-0.05, 0) is 12.1 Å². The van der Waals surface area contributed by atoms with Crippen LogP contribution in [0.15, 0.2) is 40.1 Å². The van der Waals surface area contributed by atoms with E-state index in [1.807, 2.05) is 4.98 Å². The van der Waals surface area contributed by atoms with Crippen LogP contribution in [0.3, 0.4) is 0 Å². The summed E-state index contributed by atoms with van der Waals surface area (Å²) in [6.45, 7) is -0.709. The summed E-state index contributed by atoms with van der Waals surface area (Å²) in [6.07, 6.45) is 0.919. The van der Waals surface area contributed by atoms with Gasteiger partial charge < -0.3 is 20.4 Å². The Morgan fingerprint density at radius 3 is 2.65 bits per heavy atom. The number of hydrogen-bond donors (Lipinski definition) is 6. The molecule has 0 saturated heterocycles. The number of nitrogens with one attached hydrogen (secondary N) is 5. The number of para-hydroxylation sites is 2. The van der Waals surface area contributed by atoms with Crippen molar-refractivity contribution >= 4 is 28.8 Å². The van der Waals surface area contributed by atoms with E-state index in [4.69, 9.17) is 0 Å². The van der Waals surface area contributed by atoms with Crippen molar-refractivity contribution in [3.63, 3.8) is 0 Å². The second-order valence-corrected chi connectivity index (χ2v) is 5.29. The van der Waals surface area contributed by atoms with E-state index in [1.165, 1.54) is 0 Å². The third-order valence-corrected chi connectivity index (χ3v) is 3.50. The highest BCUT2D eigenvalue weighted by Crippen LogP contribution is 2.13. The van der Waals surface area contributed by atoms with E-state index in [0.29, 0.717) is 11.0 Å². The fraction of sp³-hybridized carbons (Fsp3) is 0.133. The van der Waals surface area contributed by atoms with Crippen LogP contribution in [0.1, 0.15) is 10.4 Å². The maximum absolute atomic E-state index is 12.2. The maximum atomic E-state index is 12.2. The highest BCUT2D eigenvalue weighted by Gasteiger charge is 2.23. The molecule has 0 unspecified atom stereocenters. The van der Waals surface area contributed by atoms with Gasteiger partial charge in [-0.1, -0.05) is 12.1 Å². The van der Waals surface area contributed by atoms with Crippen LogP contribution in [0, 0.1) is 0 Å². The minimum atomic E-state index is -1.33. The first kappa shape index (κ1) is 17.1. The number of carbonyl (C=O) groups excluding carboxylic acids is 2. The van der Waals surface area contributed by atoms with E-state index in [1.54, 1.807) is 24.3 Å². The SMILES string of the molecule is O=C(N[C@@H](CO)C(=O)Nc1nc2ccccc2[nH]1)c1c[nH]c(=O)[nH]c1=O. The molecule has 26 heavy (non-hydrogen) atoms. The maximum Gasteiger partial charge on any atom is 0.325 e. The van der Waals surface area contributed by atoms with Gasteiger partial charge >= 0.3 is 5.69 Å². The Labute approximate surface area is 144 Å². The summed E-state index contributed by atoms with van der Waals surface area (Å²) in [7, 11) is 0. The fourth-order valence-corrected chi connectivity index (χ4v) is 2.22. The van der Waals surface area contributed by atoms with Crippen LogP contribution >= 0.6 is 0 Å². The van der Waals surface area contributed by atoms with Crippen LogP contribution in [0.25, 0.3) is 11.0 Å². The van der Waals surface area contributed by atoms with Gasteiger partial charge in [-0.3, -0.25) is 24.7 Å². The Kier molecular flexibility index (Phi) is 4.62. The van der Waals surface area contributed by atoms with Gasteiger partial charge in [0.1, 0.15) is 11.6 Å². The molecule has 2 aromatic heterocycles. The van der Waals surface area contributed by atoms with Crippen LogP contribution in [0.5, 0.6) is 0 Å². The van der Waals surface area contributed by atoms with Gasteiger partial charge in [0.25, 0.3) is 17.4 Å². The van der Waals surface area contributed by atoms with E-state index in [9.17, 15) is 24.3 Å². The zero-order valence-corrected chi connectivity index (χ0v) is 13.2. The van der Waals surface area contributed by atoms with Crippen molar-refractivity contribution in [3.05, 3.63) is 56.9 Å². The van der Waals surface area contributed by atoms with Crippen molar-refractivity contribution in [2.45, 2.75) is 6.04 Å². The molecule has 11 nitrogen and oxygen atoms in total. The Morgan fingerprint density at radius 1 is 1.19 bits per heavy atom. The third-order valence-electron chi connectivity index (χ3n) is 3.50. The molecule has 2 amide bonds. The predicted molar refractivity (Wildman–Crippen MR) is 90.7 cm³/mol. The third kappa shape index (κ3) is 3.52. The molecule has 0 aliphatic rings. The molecule has 0 bridgehead atoms. The first-order valence-corrected chi connectivity index (χ1v) is 7.47. The Balaban J connectivity index is 1.73. The van der Waals surface area contributed by atoms with Gasteiger partial charge in [-0.2, -0.15) is 0 Å². The lowest BCUT2D eigenvalue weighted by atomic mass is 10.2. The number of nitrogens with zero attached hydrogens (tertiary/aromatic N) is 1. The average Bonchev–Trinajstić information content (AvgIpc) is 3.01. The molecule has 3 rings (SSSR count). The fourth-order valence-electron chi connectivity index (χ4n) is 2.22. The van der Waals surface area contributed by atoms with Crippen LogP contribution < -0.4 is 21.9 Å². The predicted octanol–water partition coefficient (Wildman–Crippen LogP) is -1.33. The van der Waals surface area contributed by atoms with E-state index >= 15 is 0 Å². The normalized spacial score (nSPS) is 11.9. The topological polar surface area (TPSA) is 173 Å². The lowest BCUT2D eigenvalue weighted by Gasteiger charge is -2.14. The number of aromatic amines is 3. The van der Waals surface area contributed by atoms with E-state index in [0.717, 1.165) is 6.20 Å². The Morgan fingerprint density at radius 2 is 1.96 bits per heavy atom. The van der Waals surface area contributed by atoms with Crippen LogP contribution in [0.2, 0.25) is 0 Å². The number of benzene rings is 1. The largest absolute Gasteiger partial charge is 0.394 e. The second kappa shape index (κ2) is 7.03. The van der Waals surface area contributed by atoms with Crippen molar-refractivity contribution in [1.29, 1.82) is 0 Å². The summed E-state index contributed by atoms with van der Waals surface area (Å²) in [5.74, 6) is -1.52. The number of aliphatic hydroxyl groups excluding tert-OH is 1. The standard InChI is InChI=1S/C15H14N6O5/c22-6-10(17-11(23)7-5-16-15(26)21-12(7)24)13(25)20-14-18-8-3-1-2-4-9(8)19-14/h1-5,10,22H,6H2,(H,17,23)(H2,16,21,24,26)(H2,18,19,20,25)/t10-/m0/s1. The molecule has 0 saturated carbocycles. The van der Waals surface area contributed by atoms with Gasteiger partial charge in [0, 0.05) is 6.20 Å². The van der Waals surface area contributed by atoms with Crippen LogP contribution in [-0.4, -0.2) is 49.5 Å². The summed E-state index contributed by atoms with van der Waals surface area (Å²) in [6, 6.07) is 5.76. The number of aliphatic hydroxyl groups is 1.